The monoisotopic (exact) mass is 333 g/mol. The second kappa shape index (κ2) is 5.67. The second-order valence-corrected chi connectivity index (χ2v) is 6.93. The molecule has 1 atom stereocenters. The molecule has 0 fully saturated rings. The van der Waals surface area contributed by atoms with E-state index >= 15 is 0 Å². The summed E-state index contributed by atoms with van der Waals surface area (Å²) in [4.78, 5) is 4.83. The standard InChI is InChI=1S/C25H19N/c1-18-14-15-23-21(17-18)20-11-5-6-12-22(20)25(23,19-9-3-2-4-10-19)24-13-7-8-16-26-24/h2-17H,1H3. The predicted octanol–water partition coefficient (Wildman–Crippen LogP) is 5.75. The SMILES string of the molecule is Cc1ccc2c(c1)-c1ccccc1C2(c1ccccc1)c1ccccn1. The van der Waals surface area contributed by atoms with E-state index < -0.39 is 0 Å². The van der Waals surface area contributed by atoms with Gasteiger partial charge in [-0.1, -0.05) is 84.4 Å². The fourth-order valence-electron chi connectivity index (χ4n) is 4.41. The Labute approximate surface area is 154 Å². The third-order valence-electron chi connectivity index (χ3n) is 5.46. The van der Waals surface area contributed by atoms with Gasteiger partial charge in [0, 0.05) is 6.20 Å². The van der Waals surface area contributed by atoms with Crippen LogP contribution in [-0.4, -0.2) is 4.98 Å². The first-order chi connectivity index (χ1) is 12.8. The highest BCUT2D eigenvalue weighted by atomic mass is 14.7. The number of pyridine rings is 1. The van der Waals surface area contributed by atoms with Gasteiger partial charge in [0.15, 0.2) is 0 Å². The van der Waals surface area contributed by atoms with Gasteiger partial charge in [0.2, 0.25) is 0 Å². The van der Waals surface area contributed by atoms with Crippen LogP contribution in [-0.2, 0) is 5.41 Å². The van der Waals surface area contributed by atoms with Crippen molar-refractivity contribution < 1.29 is 0 Å². The van der Waals surface area contributed by atoms with E-state index in [1.165, 1.54) is 33.4 Å². The molecule has 0 saturated carbocycles. The average molecular weight is 333 g/mol. The Hall–Kier alpha value is -3.19. The minimum Gasteiger partial charge on any atom is -0.260 e. The largest absolute Gasteiger partial charge is 0.260 e. The molecule has 124 valence electrons. The molecule has 3 aromatic carbocycles. The number of fused-ring (bicyclic) bond motifs is 3. The molecule has 0 N–H and O–H groups in total. The van der Waals surface area contributed by atoms with Gasteiger partial charge in [-0.05, 0) is 46.9 Å². The first-order valence-corrected chi connectivity index (χ1v) is 9.00. The molecule has 4 aromatic rings. The molecule has 1 aliphatic rings. The van der Waals surface area contributed by atoms with Gasteiger partial charge in [-0.2, -0.15) is 0 Å². The van der Waals surface area contributed by atoms with Crippen molar-refractivity contribution >= 4 is 0 Å². The van der Waals surface area contributed by atoms with Gasteiger partial charge in [0.05, 0.1) is 11.1 Å². The molecule has 0 aliphatic heterocycles. The molecule has 0 spiro atoms. The van der Waals surface area contributed by atoms with Gasteiger partial charge < -0.3 is 0 Å². The van der Waals surface area contributed by atoms with E-state index in [0.717, 1.165) is 5.69 Å². The molecule has 0 amide bonds. The van der Waals surface area contributed by atoms with Crippen LogP contribution in [0.25, 0.3) is 11.1 Å². The van der Waals surface area contributed by atoms with Gasteiger partial charge in [-0.25, -0.2) is 0 Å². The third kappa shape index (κ3) is 1.94. The third-order valence-corrected chi connectivity index (χ3v) is 5.46. The maximum Gasteiger partial charge on any atom is 0.0885 e. The zero-order valence-electron chi connectivity index (χ0n) is 14.7. The Morgan fingerprint density at radius 1 is 0.654 bits per heavy atom. The normalized spacial score (nSPS) is 17.6. The van der Waals surface area contributed by atoms with Crippen LogP contribution in [0.3, 0.4) is 0 Å². The molecule has 26 heavy (non-hydrogen) atoms. The zero-order valence-corrected chi connectivity index (χ0v) is 14.7. The maximum atomic E-state index is 4.83. The van der Waals surface area contributed by atoms with Crippen molar-refractivity contribution in [2.45, 2.75) is 12.3 Å². The molecular weight excluding hydrogens is 314 g/mol. The Morgan fingerprint density at radius 2 is 1.38 bits per heavy atom. The van der Waals surface area contributed by atoms with E-state index in [2.05, 4.69) is 91.9 Å². The number of hydrogen-bond donors (Lipinski definition) is 0. The smallest absolute Gasteiger partial charge is 0.0885 e. The molecule has 0 saturated heterocycles. The highest BCUT2D eigenvalue weighted by Gasteiger charge is 2.46. The molecule has 5 rings (SSSR count). The van der Waals surface area contributed by atoms with Gasteiger partial charge in [0.1, 0.15) is 0 Å². The molecule has 1 heteroatoms. The van der Waals surface area contributed by atoms with Crippen molar-refractivity contribution in [2.24, 2.45) is 0 Å². The van der Waals surface area contributed by atoms with Crippen LogP contribution in [0.1, 0.15) is 27.9 Å². The van der Waals surface area contributed by atoms with Crippen molar-refractivity contribution in [2.75, 3.05) is 0 Å². The number of rotatable bonds is 2. The molecule has 0 radical (unpaired) electrons. The summed E-state index contributed by atoms with van der Waals surface area (Å²) >= 11 is 0. The first-order valence-electron chi connectivity index (χ1n) is 9.00. The van der Waals surface area contributed by atoms with Crippen LogP contribution in [0, 0.1) is 6.92 Å². The van der Waals surface area contributed by atoms with E-state index in [1.54, 1.807) is 0 Å². The summed E-state index contributed by atoms with van der Waals surface area (Å²) < 4.78 is 0. The second-order valence-electron chi connectivity index (χ2n) is 6.93. The topological polar surface area (TPSA) is 12.9 Å². The van der Waals surface area contributed by atoms with Gasteiger partial charge in [0.25, 0.3) is 0 Å². The summed E-state index contributed by atoms with van der Waals surface area (Å²) in [6.07, 6.45) is 1.90. The Kier molecular flexibility index (Phi) is 3.29. The quantitative estimate of drug-likeness (QED) is 0.400. The van der Waals surface area contributed by atoms with E-state index in [4.69, 9.17) is 4.98 Å². The first kappa shape index (κ1) is 15.1. The van der Waals surface area contributed by atoms with Crippen LogP contribution >= 0.6 is 0 Å². The summed E-state index contributed by atoms with van der Waals surface area (Å²) in [7, 11) is 0. The lowest BCUT2D eigenvalue weighted by atomic mass is 9.70. The van der Waals surface area contributed by atoms with Crippen LogP contribution in [0.15, 0.2) is 97.2 Å². The summed E-state index contributed by atoms with van der Waals surface area (Å²) in [6.45, 7) is 2.16. The molecule has 1 unspecified atom stereocenters. The number of nitrogens with zero attached hydrogens (tertiary/aromatic N) is 1. The fraction of sp³-hybridized carbons (Fsp3) is 0.0800. The maximum absolute atomic E-state index is 4.83. The predicted molar refractivity (Wildman–Crippen MR) is 106 cm³/mol. The van der Waals surface area contributed by atoms with Gasteiger partial charge >= 0.3 is 0 Å². The molecule has 1 nitrogen and oxygen atoms in total. The Bertz CT molecular complexity index is 1040. The Balaban J connectivity index is 1.98. The number of benzene rings is 3. The minimum atomic E-state index is -0.373. The molecule has 1 heterocycles. The highest BCUT2D eigenvalue weighted by Crippen LogP contribution is 2.55. The molecule has 1 aromatic heterocycles. The van der Waals surface area contributed by atoms with Crippen molar-refractivity contribution in [1.29, 1.82) is 0 Å². The van der Waals surface area contributed by atoms with E-state index in [0.29, 0.717) is 0 Å². The van der Waals surface area contributed by atoms with Crippen molar-refractivity contribution in [1.82, 2.24) is 4.98 Å². The van der Waals surface area contributed by atoms with Crippen LogP contribution in [0.5, 0.6) is 0 Å². The fourth-order valence-corrected chi connectivity index (χ4v) is 4.41. The lowest BCUT2D eigenvalue weighted by Crippen LogP contribution is -2.29. The minimum absolute atomic E-state index is 0.373. The summed E-state index contributed by atoms with van der Waals surface area (Å²) in [5.74, 6) is 0. The van der Waals surface area contributed by atoms with Crippen molar-refractivity contribution in [3.05, 3.63) is 125 Å². The molecular formula is C25H19N. The summed E-state index contributed by atoms with van der Waals surface area (Å²) in [6, 6.07) is 32.5. The summed E-state index contributed by atoms with van der Waals surface area (Å²) in [5.41, 5.74) is 8.48. The van der Waals surface area contributed by atoms with Crippen molar-refractivity contribution in [3.8, 4) is 11.1 Å². The van der Waals surface area contributed by atoms with Gasteiger partial charge in [-0.15, -0.1) is 0 Å². The number of aromatic nitrogens is 1. The van der Waals surface area contributed by atoms with Crippen LogP contribution < -0.4 is 0 Å². The number of aryl methyl sites for hydroxylation is 1. The number of hydrogen-bond acceptors (Lipinski definition) is 1. The Morgan fingerprint density at radius 3 is 2.19 bits per heavy atom. The van der Waals surface area contributed by atoms with Crippen LogP contribution in [0.2, 0.25) is 0 Å². The van der Waals surface area contributed by atoms with Gasteiger partial charge in [-0.3, -0.25) is 4.98 Å². The molecule has 0 bridgehead atoms. The molecule has 1 aliphatic carbocycles. The summed E-state index contributed by atoms with van der Waals surface area (Å²) in [5, 5.41) is 0. The van der Waals surface area contributed by atoms with E-state index in [9.17, 15) is 0 Å². The lowest BCUT2D eigenvalue weighted by Gasteiger charge is -2.32. The van der Waals surface area contributed by atoms with E-state index in [-0.39, 0.29) is 5.41 Å². The lowest BCUT2D eigenvalue weighted by molar-refractivity contribution is 0.734. The van der Waals surface area contributed by atoms with Crippen LogP contribution in [0.4, 0.5) is 0 Å². The van der Waals surface area contributed by atoms with E-state index in [1.807, 2.05) is 12.3 Å². The zero-order chi connectivity index (χ0) is 17.6. The highest BCUT2D eigenvalue weighted by molar-refractivity contribution is 5.86. The average Bonchev–Trinajstić information content (AvgIpc) is 3.00. The van der Waals surface area contributed by atoms with Crippen molar-refractivity contribution in [3.63, 3.8) is 0 Å².